The largest absolute Gasteiger partial charge is 0.492 e. The van der Waals surface area contributed by atoms with Crippen molar-refractivity contribution in [1.82, 2.24) is 40.5 Å². The number of amides is 9. The summed E-state index contributed by atoms with van der Waals surface area (Å²) in [6.07, 6.45) is 5.61. The van der Waals surface area contributed by atoms with Gasteiger partial charge in [-0.25, -0.2) is 9.59 Å². The molecule has 5 heterocycles. The third kappa shape index (κ3) is 17.5. The number of unbranched alkanes of at least 4 members (excludes halogenated alkanes) is 2. The Bertz CT molecular complexity index is 3730. The number of nitrogens with zero attached hydrogens (tertiary/aromatic N) is 5. The monoisotopic (exact) mass is 1290 g/mol. The highest BCUT2D eigenvalue weighted by molar-refractivity contribution is 7.17. The molecule has 6 aromatic rings. The Morgan fingerprint density at radius 3 is 2.23 bits per heavy atom. The van der Waals surface area contributed by atoms with E-state index < -0.39 is 54.5 Å². The minimum absolute atomic E-state index is 0.0312. The Labute approximate surface area is 543 Å². The number of H-pyrrole nitrogens is 1. The van der Waals surface area contributed by atoms with Gasteiger partial charge in [-0.1, -0.05) is 80.9 Å². The highest BCUT2D eigenvalue weighted by Crippen LogP contribution is 2.51. The van der Waals surface area contributed by atoms with Crippen LogP contribution in [0.25, 0.3) is 21.0 Å². The molecule has 0 bridgehead atoms. The molecule has 24 heteroatoms. The van der Waals surface area contributed by atoms with Crippen LogP contribution in [0.2, 0.25) is 0 Å². The molecule has 4 aromatic carbocycles. The van der Waals surface area contributed by atoms with Gasteiger partial charge in [0.05, 0.1) is 16.9 Å². The number of hydrogen-bond donors (Lipinski definition) is 5. The first kappa shape index (κ1) is 67.3. The van der Waals surface area contributed by atoms with E-state index in [-0.39, 0.29) is 87.3 Å². The maximum absolute atomic E-state index is 14.5. The van der Waals surface area contributed by atoms with Crippen LogP contribution in [0.4, 0.5) is 21.0 Å². The number of aromatic nitrogens is 1. The van der Waals surface area contributed by atoms with E-state index in [1.807, 2.05) is 80.7 Å². The van der Waals surface area contributed by atoms with Crippen molar-refractivity contribution in [2.24, 2.45) is 5.92 Å². The maximum atomic E-state index is 14.5. The predicted molar refractivity (Wildman–Crippen MR) is 353 cm³/mol. The summed E-state index contributed by atoms with van der Waals surface area (Å²) in [7, 11) is 3.10. The molecule has 9 amide bonds. The number of likely N-dealkylation sites (tertiary alicyclic amines) is 1. The second-order valence-electron chi connectivity index (χ2n) is 23.9. The van der Waals surface area contributed by atoms with Gasteiger partial charge in [0.15, 0.2) is 5.75 Å². The Kier molecular flexibility index (Phi) is 22.9. The Hall–Kier alpha value is -9.06. The molecule has 0 spiro atoms. The van der Waals surface area contributed by atoms with Crippen molar-refractivity contribution in [3.8, 4) is 11.5 Å². The predicted octanol–water partition coefficient (Wildman–Crippen LogP) is 9.16. The molecule has 0 saturated carbocycles. The lowest BCUT2D eigenvalue weighted by molar-refractivity contribution is -0.137. The summed E-state index contributed by atoms with van der Waals surface area (Å²) in [5, 5.41) is 15.0. The first-order chi connectivity index (χ1) is 44.2. The van der Waals surface area contributed by atoms with Crippen LogP contribution < -0.4 is 35.6 Å². The zero-order valence-electron chi connectivity index (χ0n) is 52.5. The fourth-order valence-corrected chi connectivity index (χ4v) is 12.6. The van der Waals surface area contributed by atoms with Crippen molar-refractivity contribution >= 4 is 109 Å². The third-order valence-corrected chi connectivity index (χ3v) is 17.8. The average molecular weight is 1300 g/mol. The minimum atomic E-state index is -1.03. The summed E-state index contributed by atoms with van der Waals surface area (Å²) in [6, 6.07) is 22.9. The summed E-state index contributed by atoms with van der Waals surface area (Å²) < 4.78 is 18.5. The number of carbonyl (C=O) groups is 9. The molecule has 2 aromatic heterocycles. The Morgan fingerprint density at radius 1 is 0.804 bits per heavy atom. The van der Waals surface area contributed by atoms with Gasteiger partial charge in [0.1, 0.15) is 36.7 Å². The van der Waals surface area contributed by atoms with Gasteiger partial charge < -0.3 is 55.2 Å². The molecule has 1 fully saturated rings. The number of hydrogen-bond acceptors (Lipinski definition) is 14. The van der Waals surface area contributed by atoms with Gasteiger partial charge in [0, 0.05) is 111 Å². The van der Waals surface area contributed by atoms with Crippen LogP contribution in [0.1, 0.15) is 97.5 Å². The molecule has 9 rings (SSSR count). The number of imide groups is 1. The molecule has 0 radical (unpaired) electrons. The minimum Gasteiger partial charge on any atom is -0.492 e. The molecule has 3 aliphatic heterocycles. The number of likely N-dealkylation sites (N-methyl/N-ethyl adjacent to an activating group) is 2. The van der Waals surface area contributed by atoms with E-state index in [2.05, 4.69) is 37.7 Å². The fourth-order valence-electron chi connectivity index (χ4n) is 11.4. The Morgan fingerprint density at radius 2 is 1.52 bits per heavy atom. The number of aromatic amines is 1. The number of nitrogens with one attached hydrogen (secondary N) is 5. The van der Waals surface area contributed by atoms with Crippen LogP contribution in [0.15, 0.2) is 114 Å². The smallest absolute Gasteiger partial charge is 0.415 e. The number of benzene rings is 4. The van der Waals surface area contributed by atoms with Gasteiger partial charge in [-0.3, -0.25) is 43.4 Å². The van der Waals surface area contributed by atoms with Crippen LogP contribution in [-0.2, 0) is 46.5 Å². The van der Waals surface area contributed by atoms with Crippen LogP contribution in [0.3, 0.4) is 0 Å². The quantitative estimate of drug-likeness (QED) is 0.0217. The molecular weight excluding hydrogens is 1220 g/mol. The summed E-state index contributed by atoms with van der Waals surface area (Å²) in [5.74, 6) is -2.50. The van der Waals surface area contributed by atoms with Gasteiger partial charge in [0.25, 0.3) is 17.7 Å². The summed E-state index contributed by atoms with van der Waals surface area (Å²) in [5.41, 5.74) is 5.27. The van der Waals surface area contributed by atoms with Crippen molar-refractivity contribution in [2.45, 2.75) is 96.7 Å². The van der Waals surface area contributed by atoms with Gasteiger partial charge in [-0.05, 0) is 122 Å². The fraction of sp³-hybridized carbons (Fsp3) is 0.397. The SMILES string of the molecule is C=C(Cl)[C@@H]1CN(C(=O)c2cc3cc(OCCN4CCCC4)ccc3[nH]2)c2cc(OC(=O)N(C)CCN(C)C(=O)OCc3ccc(NC(=O)CNC(=O)[C@H](CC(C)C)NC(=O)[C@H](Cc4ccccc4)NC(=O)CCCCCN4C(=O)C=CC4=O)cc3)c3scc(C)c3c21. The van der Waals surface area contributed by atoms with E-state index >= 15 is 0 Å². The molecule has 3 atom stereocenters. The molecule has 22 nitrogen and oxygen atoms in total. The molecule has 0 aliphatic carbocycles. The van der Waals surface area contributed by atoms with E-state index in [4.69, 9.17) is 25.8 Å². The molecule has 5 N–H and O–H groups in total. The van der Waals surface area contributed by atoms with E-state index in [1.165, 1.54) is 46.1 Å². The van der Waals surface area contributed by atoms with Crippen LogP contribution in [0.5, 0.6) is 11.5 Å². The normalized spacial score (nSPS) is 15.1. The van der Waals surface area contributed by atoms with Gasteiger partial charge in [-0.15, -0.1) is 11.3 Å². The van der Waals surface area contributed by atoms with Crippen molar-refractivity contribution in [3.05, 3.63) is 142 Å². The van der Waals surface area contributed by atoms with Crippen molar-refractivity contribution < 1.29 is 57.4 Å². The number of rotatable bonds is 29. The van der Waals surface area contributed by atoms with Gasteiger partial charge >= 0.3 is 12.2 Å². The van der Waals surface area contributed by atoms with Crippen molar-refractivity contribution in [3.63, 3.8) is 0 Å². The lowest BCUT2D eigenvalue weighted by atomic mass is 9.95. The number of anilines is 2. The second kappa shape index (κ2) is 31.3. The maximum Gasteiger partial charge on any atom is 0.415 e. The molecule has 486 valence electrons. The highest BCUT2D eigenvalue weighted by atomic mass is 35.5. The zero-order chi connectivity index (χ0) is 65.6. The van der Waals surface area contributed by atoms with E-state index in [0.717, 1.165) is 63.3 Å². The topological polar surface area (TPSA) is 261 Å². The highest BCUT2D eigenvalue weighted by Gasteiger charge is 2.39. The molecule has 1 saturated heterocycles. The lowest BCUT2D eigenvalue weighted by Gasteiger charge is -2.24. The molecule has 3 aliphatic rings. The number of aryl methyl sites for hydroxylation is 1. The molecule has 0 unspecified atom stereocenters. The number of thiophene rings is 1. The zero-order valence-corrected chi connectivity index (χ0v) is 54.1. The van der Waals surface area contributed by atoms with E-state index in [9.17, 15) is 43.2 Å². The van der Waals surface area contributed by atoms with Crippen molar-refractivity contribution in [2.75, 3.05) is 83.3 Å². The van der Waals surface area contributed by atoms with Gasteiger partial charge in [-0.2, -0.15) is 0 Å². The molecular formula is C68H79ClN10O12S. The third-order valence-electron chi connectivity index (χ3n) is 16.4. The summed E-state index contributed by atoms with van der Waals surface area (Å²) >= 11 is 8.11. The Balaban J connectivity index is 0.725. The first-order valence-electron chi connectivity index (χ1n) is 31.0. The van der Waals surface area contributed by atoms with Crippen LogP contribution in [0, 0.1) is 12.8 Å². The second-order valence-corrected chi connectivity index (χ2v) is 25.2. The van der Waals surface area contributed by atoms with Gasteiger partial charge in [0.2, 0.25) is 23.6 Å². The summed E-state index contributed by atoms with van der Waals surface area (Å²) in [4.78, 5) is 130. The van der Waals surface area contributed by atoms with E-state index in [1.54, 1.807) is 49.3 Å². The van der Waals surface area contributed by atoms with Crippen molar-refractivity contribution in [1.29, 1.82) is 0 Å². The summed E-state index contributed by atoms with van der Waals surface area (Å²) in [6.45, 7) is 13.6. The lowest BCUT2D eigenvalue weighted by Crippen LogP contribution is -2.55. The number of ether oxygens (including phenoxy) is 3. The van der Waals surface area contributed by atoms with Crippen LogP contribution in [-0.4, -0.2) is 163 Å². The first-order valence-corrected chi connectivity index (χ1v) is 32.3. The number of halogens is 1. The van der Waals surface area contributed by atoms with Crippen LogP contribution >= 0.6 is 22.9 Å². The standard InChI is InChI=1S/C68H79ClN10O12S/c1-42(2)33-52(74-65(85)53(34-45-15-9-7-10-16-45)73-57(80)17-11-8-12-28-78-59(82)24-25-60(78)83)64(84)70-38-58(81)71-48-20-18-46(19-21-48)40-90-67(87)75(5)29-30-76(6)68(88)91-56-37-55-62(61-43(3)41-92-63(56)61)50(44(4)69)39-79(55)66(86)54-36-47-35-49(22-23-51(47)72-54)89-32-31-77-26-13-14-27-77/h7,9-10,15-16,18-25,35-37,41-42,50,52-53,72H,4,8,11-14,17,26-34,38-40H2,1-3,5-6H3,(H,70,84)(H,71,81)(H,73,80)(H,74,85)/t50-,52-,53-/m0/s1. The molecule has 92 heavy (non-hydrogen) atoms. The number of fused-ring (bicyclic) bond motifs is 4. The average Bonchev–Trinajstić information content (AvgIpc) is 1.57. The number of carbonyl (C=O) groups excluding carboxylic acids is 9. The van der Waals surface area contributed by atoms with E-state index in [0.29, 0.717) is 58.2 Å².